The summed E-state index contributed by atoms with van der Waals surface area (Å²) in [6.45, 7) is 2.48. The maximum Gasteiger partial charge on any atom is 0.306 e. The van der Waals surface area contributed by atoms with Crippen molar-refractivity contribution >= 4 is 17.6 Å². The first-order valence-corrected chi connectivity index (χ1v) is 6.08. The van der Waals surface area contributed by atoms with E-state index < -0.39 is 5.97 Å². The summed E-state index contributed by atoms with van der Waals surface area (Å²) in [6.07, 6.45) is 3.23. The number of nitrogens with zero attached hydrogens (tertiary/aromatic N) is 2. The Kier molecular flexibility index (Phi) is 3.97. The van der Waals surface area contributed by atoms with Crippen molar-refractivity contribution in [1.82, 2.24) is 9.88 Å². The molecule has 0 unspecified atom stereocenters. The van der Waals surface area contributed by atoms with Gasteiger partial charge in [0.1, 0.15) is 5.15 Å². The van der Waals surface area contributed by atoms with E-state index in [2.05, 4.69) is 9.88 Å². The number of halogens is 1. The summed E-state index contributed by atoms with van der Waals surface area (Å²) >= 11 is 5.72. The molecule has 0 aromatic carbocycles. The summed E-state index contributed by atoms with van der Waals surface area (Å²) in [5, 5.41) is 9.40. The van der Waals surface area contributed by atoms with E-state index in [-0.39, 0.29) is 5.92 Å². The molecule has 17 heavy (non-hydrogen) atoms. The Bertz CT molecular complexity index is 386. The summed E-state index contributed by atoms with van der Waals surface area (Å²) in [4.78, 5) is 17.1. The number of carboxylic acid groups (broad SMARTS) is 1. The summed E-state index contributed by atoms with van der Waals surface area (Å²) in [5.41, 5.74) is 1.11. The lowest BCUT2D eigenvalue weighted by Gasteiger charge is -2.29. The Morgan fingerprint density at radius 2 is 2.18 bits per heavy atom. The van der Waals surface area contributed by atoms with E-state index in [1.54, 1.807) is 12.3 Å². The molecule has 0 amide bonds. The molecule has 1 aliphatic heterocycles. The molecular weight excluding hydrogens is 240 g/mol. The van der Waals surface area contributed by atoms with Crippen LogP contribution in [0.15, 0.2) is 18.3 Å². The molecular formula is C12H15ClN2O2. The number of carboxylic acids is 1. The largest absolute Gasteiger partial charge is 0.481 e. The molecule has 92 valence electrons. The monoisotopic (exact) mass is 254 g/mol. The summed E-state index contributed by atoms with van der Waals surface area (Å²) in [5.74, 6) is -0.840. The second-order valence-electron chi connectivity index (χ2n) is 4.38. The van der Waals surface area contributed by atoms with Gasteiger partial charge in [0, 0.05) is 12.7 Å². The lowest BCUT2D eigenvalue weighted by atomic mass is 9.97. The summed E-state index contributed by atoms with van der Waals surface area (Å²) in [6, 6.07) is 3.74. The van der Waals surface area contributed by atoms with Crippen LogP contribution in [-0.2, 0) is 11.3 Å². The van der Waals surface area contributed by atoms with Gasteiger partial charge in [-0.15, -0.1) is 0 Å². The van der Waals surface area contributed by atoms with Crippen LogP contribution in [-0.4, -0.2) is 34.0 Å². The molecule has 4 nitrogen and oxygen atoms in total. The molecule has 0 bridgehead atoms. The van der Waals surface area contributed by atoms with Gasteiger partial charge in [-0.2, -0.15) is 0 Å². The number of aromatic nitrogens is 1. The molecule has 1 aromatic rings. The molecule has 0 aliphatic carbocycles. The van der Waals surface area contributed by atoms with Gasteiger partial charge in [-0.3, -0.25) is 9.69 Å². The first-order chi connectivity index (χ1) is 8.15. The highest BCUT2D eigenvalue weighted by Crippen LogP contribution is 2.19. The zero-order valence-corrected chi connectivity index (χ0v) is 10.2. The van der Waals surface area contributed by atoms with Gasteiger partial charge >= 0.3 is 5.97 Å². The second kappa shape index (κ2) is 5.47. The fourth-order valence-electron chi connectivity index (χ4n) is 2.10. The van der Waals surface area contributed by atoms with Crippen molar-refractivity contribution in [3.63, 3.8) is 0 Å². The Labute approximate surface area is 105 Å². The van der Waals surface area contributed by atoms with Gasteiger partial charge in [0.05, 0.1) is 5.92 Å². The normalized spacial score (nSPS) is 18.2. The quantitative estimate of drug-likeness (QED) is 0.839. The Balaban J connectivity index is 1.85. The Morgan fingerprint density at radius 3 is 2.71 bits per heavy atom. The van der Waals surface area contributed by atoms with Crippen LogP contribution in [0.2, 0.25) is 5.15 Å². The number of hydrogen-bond acceptors (Lipinski definition) is 3. The van der Waals surface area contributed by atoms with E-state index in [0.717, 1.165) is 38.0 Å². The molecule has 0 radical (unpaired) electrons. The molecule has 1 saturated heterocycles. The first kappa shape index (κ1) is 12.3. The summed E-state index contributed by atoms with van der Waals surface area (Å²) < 4.78 is 0. The van der Waals surface area contributed by atoms with Gasteiger partial charge in [-0.1, -0.05) is 17.7 Å². The number of pyridine rings is 1. The SMILES string of the molecule is O=C(O)C1CCN(Cc2ccc(Cl)nc2)CC1. The highest BCUT2D eigenvalue weighted by atomic mass is 35.5. The molecule has 0 atom stereocenters. The van der Waals surface area contributed by atoms with Crippen molar-refractivity contribution in [1.29, 1.82) is 0 Å². The lowest BCUT2D eigenvalue weighted by Crippen LogP contribution is -2.35. The maximum absolute atomic E-state index is 10.8. The van der Waals surface area contributed by atoms with Gasteiger partial charge in [0.2, 0.25) is 0 Å². The van der Waals surface area contributed by atoms with Crippen LogP contribution < -0.4 is 0 Å². The van der Waals surface area contributed by atoms with E-state index in [4.69, 9.17) is 16.7 Å². The zero-order chi connectivity index (χ0) is 12.3. The van der Waals surface area contributed by atoms with E-state index in [9.17, 15) is 4.79 Å². The fraction of sp³-hybridized carbons (Fsp3) is 0.500. The number of likely N-dealkylation sites (tertiary alicyclic amines) is 1. The predicted molar refractivity (Wildman–Crippen MR) is 64.9 cm³/mol. The highest BCUT2D eigenvalue weighted by Gasteiger charge is 2.24. The average molecular weight is 255 g/mol. The topological polar surface area (TPSA) is 53.4 Å². The minimum Gasteiger partial charge on any atom is -0.481 e. The Hall–Kier alpha value is -1.13. The van der Waals surface area contributed by atoms with Crippen molar-refractivity contribution < 1.29 is 9.90 Å². The van der Waals surface area contributed by atoms with Crippen molar-refractivity contribution in [3.8, 4) is 0 Å². The standard InChI is InChI=1S/C12H15ClN2O2/c13-11-2-1-9(7-14-11)8-15-5-3-10(4-6-15)12(16)17/h1-2,7,10H,3-6,8H2,(H,16,17). The average Bonchev–Trinajstić information content (AvgIpc) is 2.33. The fourth-order valence-corrected chi connectivity index (χ4v) is 2.21. The third-order valence-corrected chi connectivity index (χ3v) is 3.36. The molecule has 1 aromatic heterocycles. The second-order valence-corrected chi connectivity index (χ2v) is 4.77. The number of piperidine rings is 1. The summed E-state index contributed by atoms with van der Waals surface area (Å²) in [7, 11) is 0. The molecule has 1 fully saturated rings. The van der Waals surface area contributed by atoms with Gasteiger partial charge < -0.3 is 5.11 Å². The molecule has 0 spiro atoms. The van der Waals surface area contributed by atoms with Crippen LogP contribution in [0.3, 0.4) is 0 Å². The third kappa shape index (κ3) is 3.41. The minimum absolute atomic E-state index is 0.172. The van der Waals surface area contributed by atoms with Gasteiger partial charge in [-0.05, 0) is 37.6 Å². The molecule has 2 rings (SSSR count). The van der Waals surface area contributed by atoms with Crippen molar-refractivity contribution in [3.05, 3.63) is 29.0 Å². The molecule has 5 heteroatoms. The predicted octanol–water partition coefficient (Wildman–Crippen LogP) is 2.03. The lowest BCUT2D eigenvalue weighted by molar-refractivity contribution is -0.143. The van der Waals surface area contributed by atoms with Gasteiger partial charge in [0.25, 0.3) is 0 Å². The van der Waals surface area contributed by atoms with Crippen LogP contribution in [0.1, 0.15) is 18.4 Å². The van der Waals surface area contributed by atoms with Crippen LogP contribution in [0.4, 0.5) is 0 Å². The van der Waals surface area contributed by atoms with Crippen molar-refractivity contribution in [2.24, 2.45) is 5.92 Å². The van der Waals surface area contributed by atoms with Crippen LogP contribution in [0.5, 0.6) is 0 Å². The van der Waals surface area contributed by atoms with E-state index in [0.29, 0.717) is 5.15 Å². The van der Waals surface area contributed by atoms with Crippen LogP contribution in [0.25, 0.3) is 0 Å². The van der Waals surface area contributed by atoms with Crippen LogP contribution >= 0.6 is 11.6 Å². The number of carbonyl (C=O) groups is 1. The molecule has 1 aliphatic rings. The van der Waals surface area contributed by atoms with Gasteiger partial charge in [0.15, 0.2) is 0 Å². The van der Waals surface area contributed by atoms with Gasteiger partial charge in [-0.25, -0.2) is 4.98 Å². The smallest absolute Gasteiger partial charge is 0.306 e. The molecule has 2 heterocycles. The molecule has 1 N–H and O–H groups in total. The number of aliphatic carboxylic acids is 1. The first-order valence-electron chi connectivity index (χ1n) is 5.71. The third-order valence-electron chi connectivity index (χ3n) is 3.13. The maximum atomic E-state index is 10.8. The molecule has 0 saturated carbocycles. The van der Waals surface area contributed by atoms with Crippen molar-refractivity contribution in [2.45, 2.75) is 19.4 Å². The van der Waals surface area contributed by atoms with E-state index >= 15 is 0 Å². The van der Waals surface area contributed by atoms with E-state index in [1.807, 2.05) is 6.07 Å². The van der Waals surface area contributed by atoms with Crippen molar-refractivity contribution in [2.75, 3.05) is 13.1 Å². The van der Waals surface area contributed by atoms with E-state index in [1.165, 1.54) is 0 Å². The Morgan fingerprint density at radius 1 is 1.47 bits per heavy atom. The number of hydrogen-bond donors (Lipinski definition) is 1. The number of rotatable bonds is 3. The highest BCUT2D eigenvalue weighted by molar-refractivity contribution is 6.29. The van der Waals surface area contributed by atoms with Crippen LogP contribution in [0, 0.1) is 5.92 Å². The zero-order valence-electron chi connectivity index (χ0n) is 9.47. The minimum atomic E-state index is -0.669.